The Morgan fingerprint density at radius 2 is 1.71 bits per heavy atom. The molecular weight excluding hydrogens is 331 g/mol. The zero-order valence-electron chi connectivity index (χ0n) is 11.5. The highest BCUT2D eigenvalue weighted by atomic mass is 79.9. The maximum Gasteiger partial charge on any atom is 0.128 e. The predicted octanol–water partition coefficient (Wildman–Crippen LogP) is 5.38. The van der Waals surface area contributed by atoms with Crippen molar-refractivity contribution in [2.24, 2.45) is 0 Å². The summed E-state index contributed by atoms with van der Waals surface area (Å²) in [6.07, 6.45) is 0. The molecule has 3 N–H and O–H groups in total. The van der Waals surface area contributed by atoms with Crippen LogP contribution in [0.2, 0.25) is 0 Å². The molecule has 2 nitrogen and oxygen atoms in total. The first kappa shape index (κ1) is 13.9. The van der Waals surface area contributed by atoms with Crippen molar-refractivity contribution in [2.45, 2.75) is 6.92 Å². The third-order valence-electron chi connectivity index (χ3n) is 3.41. The average molecular weight is 345 g/mol. The Morgan fingerprint density at radius 1 is 1.00 bits per heavy atom. The van der Waals surface area contributed by atoms with E-state index in [9.17, 15) is 4.39 Å². The van der Waals surface area contributed by atoms with Crippen LogP contribution >= 0.6 is 15.9 Å². The maximum atomic E-state index is 13.4. The van der Waals surface area contributed by atoms with Gasteiger partial charge in [-0.15, -0.1) is 0 Å². The summed E-state index contributed by atoms with van der Waals surface area (Å²) >= 11 is 3.46. The number of rotatable bonds is 2. The number of halogens is 2. The molecule has 0 aliphatic rings. The van der Waals surface area contributed by atoms with Crippen LogP contribution in [0.5, 0.6) is 0 Å². The van der Waals surface area contributed by atoms with Crippen LogP contribution in [0.4, 0.5) is 21.5 Å². The Labute approximate surface area is 130 Å². The van der Waals surface area contributed by atoms with E-state index in [2.05, 4.69) is 27.3 Å². The summed E-state index contributed by atoms with van der Waals surface area (Å²) in [6, 6.07) is 15.2. The van der Waals surface area contributed by atoms with Gasteiger partial charge in [0.15, 0.2) is 0 Å². The first-order valence-corrected chi connectivity index (χ1v) is 7.34. The molecule has 0 atom stereocenters. The number of aryl methyl sites for hydroxylation is 1. The summed E-state index contributed by atoms with van der Waals surface area (Å²) in [4.78, 5) is 0. The third kappa shape index (κ3) is 2.85. The minimum Gasteiger partial charge on any atom is -0.397 e. The molecule has 0 saturated heterocycles. The second-order valence-electron chi connectivity index (χ2n) is 5.02. The molecule has 3 aromatic carbocycles. The largest absolute Gasteiger partial charge is 0.397 e. The number of benzene rings is 3. The van der Waals surface area contributed by atoms with Gasteiger partial charge in [-0.05, 0) is 59.7 Å². The van der Waals surface area contributed by atoms with E-state index >= 15 is 0 Å². The van der Waals surface area contributed by atoms with Crippen LogP contribution < -0.4 is 11.1 Å². The molecule has 0 radical (unpaired) electrons. The Morgan fingerprint density at radius 3 is 2.52 bits per heavy atom. The maximum absolute atomic E-state index is 13.4. The Bertz CT molecular complexity index is 830. The van der Waals surface area contributed by atoms with Gasteiger partial charge in [0.2, 0.25) is 0 Å². The number of fused-ring (bicyclic) bond motifs is 1. The van der Waals surface area contributed by atoms with Crippen molar-refractivity contribution in [3.8, 4) is 0 Å². The zero-order valence-corrected chi connectivity index (χ0v) is 13.0. The van der Waals surface area contributed by atoms with Gasteiger partial charge in [0, 0.05) is 10.2 Å². The molecule has 0 spiro atoms. The molecule has 3 aromatic rings. The number of nitrogens with one attached hydrogen (secondary N) is 1. The molecule has 4 heteroatoms. The van der Waals surface area contributed by atoms with Crippen molar-refractivity contribution in [3.63, 3.8) is 0 Å². The van der Waals surface area contributed by atoms with Crippen molar-refractivity contribution < 1.29 is 4.39 Å². The highest BCUT2D eigenvalue weighted by Crippen LogP contribution is 2.28. The van der Waals surface area contributed by atoms with Crippen LogP contribution in [-0.4, -0.2) is 0 Å². The average Bonchev–Trinajstić information content (AvgIpc) is 2.45. The molecule has 3 rings (SSSR count). The fraction of sp³-hybridized carbons (Fsp3) is 0.0588. The molecule has 0 fully saturated rings. The summed E-state index contributed by atoms with van der Waals surface area (Å²) in [5.74, 6) is -0.290. The van der Waals surface area contributed by atoms with Crippen molar-refractivity contribution in [1.29, 1.82) is 0 Å². The first-order valence-electron chi connectivity index (χ1n) is 6.55. The van der Waals surface area contributed by atoms with E-state index in [0.29, 0.717) is 16.9 Å². The quantitative estimate of drug-likeness (QED) is 0.613. The van der Waals surface area contributed by atoms with Gasteiger partial charge in [0.1, 0.15) is 5.82 Å². The van der Waals surface area contributed by atoms with Crippen LogP contribution in [0.25, 0.3) is 10.8 Å². The van der Waals surface area contributed by atoms with Crippen molar-refractivity contribution in [2.75, 3.05) is 11.1 Å². The first-order chi connectivity index (χ1) is 10.0. The fourth-order valence-electron chi connectivity index (χ4n) is 2.25. The van der Waals surface area contributed by atoms with Crippen LogP contribution in [-0.2, 0) is 0 Å². The van der Waals surface area contributed by atoms with E-state index in [1.165, 1.54) is 6.07 Å². The van der Waals surface area contributed by atoms with E-state index in [4.69, 9.17) is 5.73 Å². The van der Waals surface area contributed by atoms with Gasteiger partial charge in [-0.3, -0.25) is 0 Å². The molecule has 0 bridgehead atoms. The molecule has 106 valence electrons. The van der Waals surface area contributed by atoms with E-state index in [1.807, 2.05) is 30.3 Å². The van der Waals surface area contributed by atoms with Crippen molar-refractivity contribution >= 4 is 43.8 Å². The smallest absolute Gasteiger partial charge is 0.128 e. The topological polar surface area (TPSA) is 38.0 Å². The lowest BCUT2D eigenvalue weighted by atomic mass is 10.1. The molecule has 0 aliphatic carbocycles. The Hall–Kier alpha value is -2.07. The van der Waals surface area contributed by atoms with Crippen LogP contribution in [0, 0.1) is 12.7 Å². The lowest BCUT2D eigenvalue weighted by Crippen LogP contribution is -1.98. The van der Waals surface area contributed by atoms with Crippen molar-refractivity contribution in [1.82, 2.24) is 0 Å². The van der Waals surface area contributed by atoms with Gasteiger partial charge in [0.05, 0.1) is 11.4 Å². The summed E-state index contributed by atoms with van der Waals surface area (Å²) < 4.78 is 14.5. The summed E-state index contributed by atoms with van der Waals surface area (Å²) in [5, 5.41) is 5.52. The third-order valence-corrected chi connectivity index (χ3v) is 3.91. The summed E-state index contributed by atoms with van der Waals surface area (Å²) in [5.41, 5.74) is 8.46. The van der Waals surface area contributed by atoms with E-state index in [1.54, 1.807) is 13.0 Å². The second kappa shape index (κ2) is 5.37. The monoisotopic (exact) mass is 344 g/mol. The van der Waals surface area contributed by atoms with Crippen LogP contribution in [0.15, 0.2) is 53.0 Å². The number of nitrogens with two attached hydrogens (primary N) is 1. The predicted molar refractivity (Wildman–Crippen MR) is 90.5 cm³/mol. The SMILES string of the molecule is Cc1cc(Nc2ccc3cc(Br)ccc3c2)c(N)cc1F. The van der Waals surface area contributed by atoms with E-state index in [0.717, 1.165) is 20.9 Å². The zero-order chi connectivity index (χ0) is 15.0. The molecule has 0 saturated carbocycles. The highest BCUT2D eigenvalue weighted by Gasteiger charge is 2.06. The Kier molecular flexibility index (Phi) is 3.55. The van der Waals surface area contributed by atoms with Gasteiger partial charge in [-0.25, -0.2) is 4.39 Å². The molecule has 0 aliphatic heterocycles. The molecule has 0 aromatic heterocycles. The minimum absolute atomic E-state index is 0.290. The van der Waals surface area contributed by atoms with Gasteiger partial charge < -0.3 is 11.1 Å². The standard InChI is InChI=1S/C17H14BrFN2/c1-10-6-17(16(20)9-15(10)19)21-14-5-3-11-7-13(18)4-2-12(11)8-14/h2-9,21H,20H2,1H3. The van der Waals surface area contributed by atoms with Gasteiger partial charge in [-0.1, -0.05) is 28.1 Å². The molecule has 0 heterocycles. The summed E-state index contributed by atoms with van der Waals surface area (Å²) in [6.45, 7) is 1.72. The number of nitrogen functional groups attached to an aromatic ring is 1. The van der Waals surface area contributed by atoms with E-state index < -0.39 is 0 Å². The van der Waals surface area contributed by atoms with Gasteiger partial charge in [-0.2, -0.15) is 0 Å². The molecule has 0 unspecified atom stereocenters. The highest BCUT2D eigenvalue weighted by molar-refractivity contribution is 9.10. The van der Waals surface area contributed by atoms with E-state index in [-0.39, 0.29) is 5.82 Å². The number of anilines is 3. The number of hydrogen-bond acceptors (Lipinski definition) is 2. The van der Waals surface area contributed by atoms with Crippen LogP contribution in [0.3, 0.4) is 0 Å². The number of hydrogen-bond donors (Lipinski definition) is 2. The second-order valence-corrected chi connectivity index (χ2v) is 5.94. The lowest BCUT2D eigenvalue weighted by molar-refractivity contribution is 0.619. The lowest BCUT2D eigenvalue weighted by Gasteiger charge is -2.12. The van der Waals surface area contributed by atoms with Crippen molar-refractivity contribution in [3.05, 3.63) is 64.4 Å². The van der Waals surface area contributed by atoms with Gasteiger partial charge in [0.25, 0.3) is 0 Å². The summed E-state index contributed by atoms with van der Waals surface area (Å²) in [7, 11) is 0. The minimum atomic E-state index is -0.290. The molecule has 0 amide bonds. The van der Waals surface area contributed by atoms with Gasteiger partial charge >= 0.3 is 0 Å². The normalized spacial score (nSPS) is 10.8. The molecular formula is C17H14BrFN2. The van der Waals surface area contributed by atoms with Crippen LogP contribution in [0.1, 0.15) is 5.56 Å². The fourth-order valence-corrected chi connectivity index (χ4v) is 2.63. The Balaban J connectivity index is 1.98. The molecule has 21 heavy (non-hydrogen) atoms.